The molecular weight excluding hydrogens is 384 g/mol. The first-order chi connectivity index (χ1) is 12.9. The third-order valence-electron chi connectivity index (χ3n) is 4.05. The molecule has 0 N–H and O–H groups in total. The standard InChI is InChI=1S/C20H19ClN2O3S/c1-12-5-7-14(8-6-12)22-20-23(2)19(24)18(27-20)10-13-9-16(25-3)17(26-4)11-15(13)21/h5-11H,1-4H3/b18-10+,22-20?. The van der Waals surface area contributed by atoms with E-state index in [2.05, 4.69) is 4.99 Å². The Morgan fingerprint density at radius 3 is 2.37 bits per heavy atom. The Kier molecular flexibility index (Phi) is 5.77. The number of amidine groups is 1. The molecule has 5 nitrogen and oxygen atoms in total. The number of aryl methyl sites for hydroxylation is 1. The Bertz CT molecular complexity index is 939. The number of amides is 1. The van der Waals surface area contributed by atoms with Crippen molar-refractivity contribution < 1.29 is 14.3 Å². The van der Waals surface area contributed by atoms with Gasteiger partial charge in [0.25, 0.3) is 5.91 Å². The summed E-state index contributed by atoms with van der Waals surface area (Å²) < 4.78 is 10.6. The van der Waals surface area contributed by atoms with Crippen LogP contribution >= 0.6 is 23.4 Å². The van der Waals surface area contributed by atoms with Gasteiger partial charge in [0.15, 0.2) is 16.7 Å². The molecule has 0 spiro atoms. The van der Waals surface area contributed by atoms with Crippen molar-refractivity contribution in [2.75, 3.05) is 21.3 Å². The average Bonchev–Trinajstić information content (AvgIpc) is 2.92. The van der Waals surface area contributed by atoms with Crippen molar-refractivity contribution in [1.82, 2.24) is 4.90 Å². The van der Waals surface area contributed by atoms with Crippen LogP contribution in [0.1, 0.15) is 11.1 Å². The van der Waals surface area contributed by atoms with Gasteiger partial charge in [-0.1, -0.05) is 29.3 Å². The number of halogens is 1. The fourth-order valence-electron chi connectivity index (χ4n) is 2.50. The molecule has 2 aromatic carbocycles. The van der Waals surface area contributed by atoms with Gasteiger partial charge in [0, 0.05) is 13.1 Å². The number of benzene rings is 2. The van der Waals surface area contributed by atoms with Gasteiger partial charge in [-0.3, -0.25) is 9.69 Å². The molecule has 0 unspecified atom stereocenters. The Morgan fingerprint density at radius 2 is 1.74 bits per heavy atom. The van der Waals surface area contributed by atoms with Crippen molar-refractivity contribution in [2.24, 2.45) is 4.99 Å². The molecule has 0 atom stereocenters. The van der Waals surface area contributed by atoms with E-state index in [1.54, 1.807) is 39.5 Å². The Hall–Kier alpha value is -2.44. The molecule has 1 aliphatic heterocycles. The molecule has 140 valence electrons. The first-order valence-electron chi connectivity index (χ1n) is 8.17. The number of carbonyl (C=O) groups excluding carboxylic acids is 1. The van der Waals surface area contributed by atoms with Crippen molar-refractivity contribution in [3.63, 3.8) is 0 Å². The summed E-state index contributed by atoms with van der Waals surface area (Å²) in [5.41, 5.74) is 2.63. The van der Waals surface area contributed by atoms with Crippen LogP contribution in [-0.4, -0.2) is 37.2 Å². The lowest BCUT2D eigenvalue weighted by Crippen LogP contribution is -2.23. The van der Waals surface area contributed by atoms with Gasteiger partial charge in [0.05, 0.1) is 29.8 Å². The van der Waals surface area contributed by atoms with Gasteiger partial charge in [-0.25, -0.2) is 4.99 Å². The summed E-state index contributed by atoms with van der Waals surface area (Å²) >= 11 is 7.65. The molecule has 1 heterocycles. The van der Waals surface area contributed by atoms with Crippen molar-refractivity contribution in [2.45, 2.75) is 6.92 Å². The number of aliphatic imine (C=N–C) groups is 1. The van der Waals surface area contributed by atoms with E-state index in [0.717, 1.165) is 11.3 Å². The highest BCUT2D eigenvalue weighted by Crippen LogP contribution is 2.38. The maximum atomic E-state index is 12.6. The summed E-state index contributed by atoms with van der Waals surface area (Å²) in [5.74, 6) is 0.955. The normalized spacial score (nSPS) is 17.1. The lowest BCUT2D eigenvalue weighted by Gasteiger charge is -2.10. The predicted molar refractivity (Wildman–Crippen MR) is 111 cm³/mol. The minimum absolute atomic E-state index is 0.128. The summed E-state index contributed by atoms with van der Waals surface area (Å²) in [6.45, 7) is 2.02. The molecule has 2 aromatic rings. The van der Waals surface area contributed by atoms with Crippen LogP contribution in [0.25, 0.3) is 6.08 Å². The third-order valence-corrected chi connectivity index (χ3v) is 5.44. The molecule has 1 fully saturated rings. The van der Waals surface area contributed by atoms with Gasteiger partial charge >= 0.3 is 0 Å². The topological polar surface area (TPSA) is 51.1 Å². The van der Waals surface area contributed by atoms with Gasteiger partial charge in [-0.05, 0) is 48.5 Å². The minimum atomic E-state index is -0.128. The van der Waals surface area contributed by atoms with Crippen molar-refractivity contribution in [3.05, 3.63) is 57.5 Å². The first kappa shape index (κ1) is 19.3. The van der Waals surface area contributed by atoms with Crippen LogP contribution in [0.5, 0.6) is 11.5 Å². The van der Waals surface area contributed by atoms with E-state index in [4.69, 9.17) is 21.1 Å². The minimum Gasteiger partial charge on any atom is -0.493 e. The summed E-state index contributed by atoms with van der Waals surface area (Å²) in [5, 5.41) is 1.09. The van der Waals surface area contributed by atoms with Gasteiger partial charge in [-0.2, -0.15) is 0 Å². The SMILES string of the molecule is COc1cc(Cl)c(/C=C2/SC(=Nc3ccc(C)cc3)N(C)C2=O)cc1OC. The zero-order valence-electron chi connectivity index (χ0n) is 15.4. The Morgan fingerprint density at radius 1 is 1.11 bits per heavy atom. The predicted octanol–water partition coefficient (Wildman–Crippen LogP) is 4.90. The molecule has 0 radical (unpaired) electrons. The number of thioether (sulfide) groups is 1. The molecule has 27 heavy (non-hydrogen) atoms. The molecule has 0 aliphatic carbocycles. The molecule has 7 heteroatoms. The second-order valence-corrected chi connectivity index (χ2v) is 7.35. The second-order valence-electron chi connectivity index (χ2n) is 5.93. The van der Waals surface area contributed by atoms with Crippen molar-refractivity contribution in [1.29, 1.82) is 0 Å². The number of hydrogen-bond donors (Lipinski definition) is 0. The van der Waals surface area contributed by atoms with Crippen LogP contribution in [0.4, 0.5) is 5.69 Å². The summed E-state index contributed by atoms with van der Waals surface area (Å²) in [6, 6.07) is 11.2. The molecular formula is C20H19ClN2O3S. The molecule has 1 saturated heterocycles. The zero-order chi connectivity index (χ0) is 19.6. The van der Waals surface area contributed by atoms with E-state index in [1.807, 2.05) is 31.2 Å². The van der Waals surface area contributed by atoms with Crippen LogP contribution in [0.3, 0.4) is 0 Å². The number of rotatable bonds is 4. The number of ether oxygens (including phenoxy) is 2. The number of nitrogens with zero attached hydrogens (tertiary/aromatic N) is 2. The lowest BCUT2D eigenvalue weighted by molar-refractivity contribution is -0.121. The van der Waals surface area contributed by atoms with Crippen LogP contribution < -0.4 is 9.47 Å². The van der Waals surface area contributed by atoms with E-state index >= 15 is 0 Å². The first-order valence-corrected chi connectivity index (χ1v) is 9.37. The fraction of sp³-hybridized carbons (Fsp3) is 0.200. The van der Waals surface area contributed by atoms with E-state index in [-0.39, 0.29) is 5.91 Å². The molecule has 0 saturated carbocycles. The molecule has 0 bridgehead atoms. The summed E-state index contributed by atoms with van der Waals surface area (Å²) in [4.78, 5) is 19.3. The molecule has 1 amide bonds. The van der Waals surface area contributed by atoms with E-state index in [1.165, 1.54) is 16.7 Å². The van der Waals surface area contributed by atoms with Crippen LogP contribution in [-0.2, 0) is 4.79 Å². The fourth-order valence-corrected chi connectivity index (χ4v) is 3.69. The Labute approximate surface area is 167 Å². The van der Waals surface area contributed by atoms with Gasteiger partial charge < -0.3 is 9.47 Å². The number of likely N-dealkylation sites (N-methyl/N-ethyl adjacent to an activating group) is 1. The highest BCUT2D eigenvalue weighted by Gasteiger charge is 2.30. The number of carbonyl (C=O) groups is 1. The van der Waals surface area contributed by atoms with Gasteiger partial charge in [-0.15, -0.1) is 0 Å². The second kappa shape index (κ2) is 8.06. The molecule has 1 aliphatic rings. The quantitative estimate of drug-likeness (QED) is 0.682. The highest BCUT2D eigenvalue weighted by atomic mass is 35.5. The lowest BCUT2D eigenvalue weighted by atomic mass is 10.1. The van der Waals surface area contributed by atoms with Crippen molar-refractivity contribution in [3.8, 4) is 11.5 Å². The average molecular weight is 403 g/mol. The van der Waals surface area contributed by atoms with Crippen LogP contribution in [0.15, 0.2) is 46.3 Å². The number of hydrogen-bond acceptors (Lipinski definition) is 5. The zero-order valence-corrected chi connectivity index (χ0v) is 17.0. The van der Waals surface area contributed by atoms with Crippen molar-refractivity contribution >= 4 is 46.2 Å². The van der Waals surface area contributed by atoms with Gasteiger partial charge in [0.1, 0.15) is 0 Å². The largest absolute Gasteiger partial charge is 0.493 e. The van der Waals surface area contributed by atoms with Crippen LogP contribution in [0.2, 0.25) is 5.02 Å². The highest BCUT2D eigenvalue weighted by molar-refractivity contribution is 8.18. The molecule has 3 rings (SSSR count). The molecule has 0 aromatic heterocycles. The van der Waals surface area contributed by atoms with E-state index < -0.39 is 0 Å². The van der Waals surface area contributed by atoms with E-state index in [9.17, 15) is 4.79 Å². The maximum absolute atomic E-state index is 12.6. The monoisotopic (exact) mass is 402 g/mol. The smallest absolute Gasteiger partial charge is 0.266 e. The van der Waals surface area contributed by atoms with Gasteiger partial charge in [0.2, 0.25) is 0 Å². The summed E-state index contributed by atoms with van der Waals surface area (Å²) in [6.07, 6.45) is 1.74. The third kappa shape index (κ3) is 4.12. The van der Waals surface area contributed by atoms with E-state index in [0.29, 0.717) is 32.2 Å². The number of methoxy groups -OCH3 is 2. The summed E-state index contributed by atoms with van der Waals surface area (Å²) in [7, 11) is 4.81. The van der Waals surface area contributed by atoms with Crippen LogP contribution in [0, 0.1) is 6.92 Å². The maximum Gasteiger partial charge on any atom is 0.266 e. The Balaban J connectivity index is 1.94.